The van der Waals surface area contributed by atoms with Crippen molar-refractivity contribution in [1.29, 1.82) is 0 Å². The van der Waals surface area contributed by atoms with Gasteiger partial charge in [0.05, 0.1) is 12.8 Å². The van der Waals surface area contributed by atoms with Gasteiger partial charge < -0.3 is 14.9 Å². The van der Waals surface area contributed by atoms with Crippen LogP contribution in [0.5, 0.6) is 0 Å². The first-order valence-electron chi connectivity index (χ1n) is 10.3. The second kappa shape index (κ2) is 10.4. The third kappa shape index (κ3) is 4.92. The number of aromatic amines is 1. The molecule has 0 spiro atoms. The zero-order valence-corrected chi connectivity index (χ0v) is 19.0. The average Bonchev–Trinajstić information content (AvgIpc) is 3.57. The van der Waals surface area contributed by atoms with Crippen LogP contribution in [-0.4, -0.2) is 47.5 Å². The molecule has 0 bridgehead atoms. The number of rotatable bonds is 4. The van der Waals surface area contributed by atoms with Gasteiger partial charge in [-0.2, -0.15) is 0 Å². The number of nitrogens with one attached hydrogen (secondary N) is 1. The van der Waals surface area contributed by atoms with Crippen LogP contribution < -0.4 is 11.2 Å². The Balaban J connectivity index is 0.000000453. The quantitative estimate of drug-likeness (QED) is 0.537. The van der Waals surface area contributed by atoms with E-state index in [0.717, 1.165) is 18.4 Å². The summed E-state index contributed by atoms with van der Waals surface area (Å²) in [5.74, 6) is 0. The molecule has 33 heavy (non-hydrogen) atoms. The summed E-state index contributed by atoms with van der Waals surface area (Å²) in [6.07, 6.45) is 17.0. The summed E-state index contributed by atoms with van der Waals surface area (Å²) in [5, 5.41) is 28.8. The predicted molar refractivity (Wildman–Crippen MR) is 117 cm³/mol. The minimum atomic E-state index is -1.58. The van der Waals surface area contributed by atoms with Crippen LogP contribution in [0.2, 0.25) is 0 Å². The summed E-state index contributed by atoms with van der Waals surface area (Å²) in [6.45, 7) is 0.994. The molecular formula is C22H25FeN5O5+2. The summed E-state index contributed by atoms with van der Waals surface area (Å²) in [7, 11) is 0. The van der Waals surface area contributed by atoms with Crippen molar-refractivity contribution in [1.82, 2.24) is 24.5 Å². The SMILES string of the molecule is C1=CCC=C1.Cc1cn([C@H]2C[C@H](O)[C@](CO)(n3cc(C4=CC=CC4)nn3)O2)c(=O)[nH]c1=O.[Fe+2]. The summed E-state index contributed by atoms with van der Waals surface area (Å²) in [5.41, 5.74) is -0.806. The molecule has 2 aliphatic carbocycles. The van der Waals surface area contributed by atoms with Crippen molar-refractivity contribution in [2.45, 2.75) is 44.2 Å². The van der Waals surface area contributed by atoms with Crippen molar-refractivity contribution in [3.63, 3.8) is 0 Å². The number of hydrogen-bond donors (Lipinski definition) is 3. The van der Waals surface area contributed by atoms with E-state index in [0.29, 0.717) is 11.3 Å². The topological polar surface area (TPSA) is 135 Å². The van der Waals surface area contributed by atoms with Gasteiger partial charge in [-0.3, -0.25) is 14.3 Å². The van der Waals surface area contributed by atoms with Crippen LogP contribution in [0, 0.1) is 6.92 Å². The monoisotopic (exact) mass is 495 g/mol. The zero-order valence-electron chi connectivity index (χ0n) is 17.9. The van der Waals surface area contributed by atoms with Gasteiger partial charge in [0.1, 0.15) is 18.0 Å². The Hall–Kier alpha value is -2.82. The molecule has 0 amide bonds. The van der Waals surface area contributed by atoms with Crippen LogP contribution in [0.15, 0.2) is 64.5 Å². The maximum absolute atomic E-state index is 12.1. The Kier molecular flexibility index (Phi) is 7.83. The second-order valence-electron chi connectivity index (χ2n) is 7.77. The number of allylic oxidation sites excluding steroid dienone is 8. The van der Waals surface area contributed by atoms with Crippen molar-refractivity contribution in [2.75, 3.05) is 6.61 Å². The number of nitrogens with zero attached hydrogens (tertiary/aromatic N) is 4. The Bertz CT molecular complexity index is 1210. The number of aryl methyl sites for hydroxylation is 1. The first-order chi connectivity index (χ1) is 15.4. The van der Waals surface area contributed by atoms with E-state index in [1.54, 1.807) is 13.1 Å². The van der Waals surface area contributed by atoms with Crippen LogP contribution >= 0.6 is 0 Å². The largest absolute Gasteiger partial charge is 2.00 e. The molecule has 0 saturated carbocycles. The van der Waals surface area contributed by atoms with E-state index in [9.17, 15) is 19.8 Å². The van der Waals surface area contributed by atoms with Crippen molar-refractivity contribution >= 4 is 5.57 Å². The smallest absolute Gasteiger partial charge is 0.391 e. The summed E-state index contributed by atoms with van der Waals surface area (Å²) in [4.78, 5) is 25.9. The van der Waals surface area contributed by atoms with Crippen molar-refractivity contribution in [2.24, 2.45) is 0 Å². The van der Waals surface area contributed by atoms with E-state index in [2.05, 4.69) is 39.6 Å². The number of hydrogen-bond acceptors (Lipinski definition) is 7. The predicted octanol–water partition coefficient (Wildman–Crippen LogP) is 0.905. The molecule has 0 unspecified atom stereocenters. The van der Waals surface area contributed by atoms with Gasteiger partial charge in [0.25, 0.3) is 5.56 Å². The van der Waals surface area contributed by atoms with Crippen LogP contribution in [0.4, 0.5) is 0 Å². The summed E-state index contributed by atoms with van der Waals surface area (Å²) >= 11 is 0. The fourth-order valence-corrected chi connectivity index (χ4v) is 3.76. The van der Waals surface area contributed by atoms with E-state index < -0.39 is 35.9 Å². The standard InChI is InChI=1S/C17H19N5O5.C5H6.Fe/c1-10-7-21(16(26)18-15(10)25)14-6-13(24)17(9-23,27-14)22-8-12(19-20-22)11-4-2-3-5-11;1-2-4-5-3-1;/h2-4,7-8,13-14,23-24H,5-6,9H2,1H3,(H,18,25,26);1-4H,5H2;/q;;+2/t13-,14+,17+;;/m0../s1. The minimum absolute atomic E-state index is 0. The van der Waals surface area contributed by atoms with Gasteiger partial charge in [-0.05, 0) is 25.3 Å². The molecule has 11 heteroatoms. The fourth-order valence-electron chi connectivity index (χ4n) is 3.76. The molecule has 2 aromatic rings. The second-order valence-corrected chi connectivity index (χ2v) is 7.77. The van der Waals surface area contributed by atoms with Crippen molar-refractivity contribution in [3.05, 3.63) is 87.0 Å². The maximum atomic E-state index is 12.1. The number of H-pyrrole nitrogens is 1. The molecule has 2 aromatic heterocycles. The summed E-state index contributed by atoms with van der Waals surface area (Å²) in [6, 6.07) is 0. The van der Waals surface area contributed by atoms with E-state index in [-0.39, 0.29) is 23.5 Å². The van der Waals surface area contributed by atoms with E-state index in [1.165, 1.54) is 15.4 Å². The fraction of sp³-hybridized carbons (Fsp3) is 0.364. The first kappa shape index (κ1) is 24.8. The van der Waals surface area contributed by atoms with E-state index >= 15 is 0 Å². The van der Waals surface area contributed by atoms with Crippen LogP contribution in [0.3, 0.4) is 0 Å². The van der Waals surface area contributed by atoms with Crippen LogP contribution in [0.25, 0.3) is 5.57 Å². The molecule has 174 valence electrons. The first-order valence-corrected chi connectivity index (χ1v) is 10.3. The van der Waals surface area contributed by atoms with E-state index in [4.69, 9.17) is 4.74 Å². The van der Waals surface area contributed by atoms with Crippen LogP contribution in [-0.2, 0) is 27.5 Å². The minimum Gasteiger partial charge on any atom is -0.391 e. The Morgan fingerprint density at radius 3 is 2.58 bits per heavy atom. The Labute approximate surface area is 200 Å². The van der Waals surface area contributed by atoms with Gasteiger partial charge in [-0.15, -0.1) is 5.10 Å². The van der Waals surface area contributed by atoms with Gasteiger partial charge in [-0.1, -0.05) is 47.7 Å². The number of ether oxygens (including phenoxy) is 1. The number of aromatic nitrogens is 5. The van der Waals surface area contributed by atoms with Gasteiger partial charge in [-0.25, -0.2) is 9.48 Å². The molecule has 5 rings (SSSR count). The van der Waals surface area contributed by atoms with Crippen LogP contribution in [0.1, 0.15) is 36.7 Å². The van der Waals surface area contributed by atoms with Crippen molar-refractivity contribution in [3.8, 4) is 0 Å². The molecule has 3 atom stereocenters. The Morgan fingerprint density at radius 2 is 1.97 bits per heavy atom. The molecule has 0 radical (unpaired) electrons. The molecule has 10 nitrogen and oxygen atoms in total. The van der Waals surface area contributed by atoms with E-state index in [1.807, 2.05) is 18.2 Å². The molecule has 3 N–H and O–H groups in total. The van der Waals surface area contributed by atoms with Gasteiger partial charge in [0.2, 0.25) is 5.72 Å². The van der Waals surface area contributed by atoms with Gasteiger partial charge >= 0.3 is 22.8 Å². The maximum Gasteiger partial charge on any atom is 2.00 e. The molecular weight excluding hydrogens is 470 g/mol. The normalized spacial score (nSPS) is 25.0. The third-order valence-corrected chi connectivity index (χ3v) is 5.61. The molecule has 1 fully saturated rings. The van der Waals surface area contributed by atoms with Gasteiger partial charge in [0.15, 0.2) is 0 Å². The molecule has 1 saturated heterocycles. The molecule has 3 heterocycles. The third-order valence-electron chi connectivity index (χ3n) is 5.61. The zero-order chi connectivity index (χ0) is 22.7. The molecule has 3 aliphatic rings. The average molecular weight is 495 g/mol. The Morgan fingerprint density at radius 1 is 1.21 bits per heavy atom. The molecule has 0 aromatic carbocycles. The van der Waals surface area contributed by atoms with Crippen molar-refractivity contribution < 1.29 is 32.0 Å². The van der Waals surface area contributed by atoms with Gasteiger partial charge in [0, 0.05) is 18.2 Å². The molecule has 1 aliphatic heterocycles. The number of aliphatic hydroxyl groups is 2. The number of aliphatic hydroxyl groups excluding tert-OH is 2. The summed E-state index contributed by atoms with van der Waals surface area (Å²) < 4.78 is 8.38.